The molecule has 0 unspecified atom stereocenters. The smallest absolute Gasteiger partial charge is 0.255 e. The summed E-state index contributed by atoms with van der Waals surface area (Å²) in [5, 5.41) is 12.7. The van der Waals surface area contributed by atoms with Gasteiger partial charge in [-0.05, 0) is 49.7 Å². The quantitative estimate of drug-likeness (QED) is 0.455. The largest absolute Gasteiger partial charge is 0.439 e. The van der Waals surface area contributed by atoms with E-state index in [1.165, 1.54) is 11.3 Å². The second-order valence-corrected chi connectivity index (χ2v) is 8.44. The van der Waals surface area contributed by atoms with Gasteiger partial charge in [0.2, 0.25) is 5.88 Å². The summed E-state index contributed by atoms with van der Waals surface area (Å²) < 4.78 is 5.84. The minimum Gasteiger partial charge on any atom is -0.439 e. The first-order valence-corrected chi connectivity index (χ1v) is 10.3. The van der Waals surface area contributed by atoms with Crippen LogP contribution in [0.3, 0.4) is 0 Å². The number of pyridine rings is 1. The summed E-state index contributed by atoms with van der Waals surface area (Å²) in [6.45, 7) is 3.63. The molecule has 0 aliphatic heterocycles. The summed E-state index contributed by atoms with van der Waals surface area (Å²) in [6.07, 6.45) is 0. The SMILES string of the molecule is CC(C)(C#N)c1cccc(C(=O)Nc2cccc(Oc3ccc4nc(N)sc4n3)c2)c1. The van der Waals surface area contributed by atoms with Crippen LogP contribution in [0.15, 0.2) is 60.7 Å². The monoisotopic (exact) mass is 429 g/mol. The number of nitrogens with one attached hydrogen (secondary N) is 1. The van der Waals surface area contributed by atoms with Crippen LogP contribution in [0.25, 0.3) is 10.3 Å². The molecule has 0 atom stereocenters. The number of carbonyl (C=O) groups excluding carboxylic acids is 1. The number of benzene rings is 2. The van der Waals surface area contributed by atoms with E-state index < -0.39 is 5.41 Å². The van der Waals surface area contributed by atoms with Crippen LogP contribution in [-0.4, -0.2) is 15.9 Å². The maximum absolute atomic E-state index is 12.7. The molecule has 0 saturated heterocycles. The van der Waals surface area contributed by atoms with Crippen LogP contribution < -0.4 is 15.8 Å². The van der Waals surface area contributed by atoms with Gasteiger partial charge in [0.05, 0.1) is 11.5 Å². The van der Waals surface area contributed by atoms with Gasteiger partial charge in [-0.1, -0.05) is 29.5 Å². The first-order chi connectivity index (χ1) is 14.8. The maximum Gasteiger partial charge on any atom is 0.255 e. The second-order valence-electron chi connectivity index (χ2n) is 7.43. The summed E-state index contributed by atoms with van der Waals surface area (Å²) in [7, 11) is 0. The molecule has 7 nitrogen and oxygen atoms in total. The molecular formula is C23H19N5O2S. The fourth-order valence-electron chi connectivity index (χ4n) is 2.95. The first-order valence-electron chi connectivity index (χ1n) is 9.48. The third-order valence-corrected chi connectivity index (χ3v) is 5.48. The van der Waals surface area contributed by atoms with Gasteiger partial charge >= 0.3 is 0 Å². The molecule has 0 aliphatic rings. The molecule has 4 aromatic rings. The maximum atomic E-state index is 12.7. The van der Waals surface area contributed by atoms with Crippen LogP contribution in [-0.2, 0) is 5.41 Å². The highest BCUT2D eigenvalue weighted by atomic mass is 32.1. The molecule has 0 saturated carbocycles. The van der Waals surface area contributed by atoms with Crippen molar-refractivity contribution in [3.8, 4) is 17.7 Å². The number of carbonyl (C=O) groups is 1. The van der Waals surface area contributed by atoms with Crippen LogP contribution in [0.4, 0.5) is 10.8 Å². The number of nitrogens with two attached hydrogens (primary N) is 1. The van der Waals surface area contributed by atoms with E-state index in [0.717, 1.165) is 11.1 Å². The number of hydrogen-bond donors (Lipinski definition) is 2. The van der Waals surface area contributed by atoms with Crippen molar-refractivity contribution < 1.29 is 9.53 Å². The Morgan fingerprint density at radius 1 is 1.13 bits per heavy atom. The molecule has 1 amide bonds. The second kappa shape index (κ2) is 8.05. The number of ether oxygens (including phenoxy) is 1. The van der Waals surface area contributed by atoms with E-state index in [2.05, 4.69) is 21.4 Å². The van der Waals surface area contributed by atoms with E-state index in [-0.39, 0.29) is 5.91 Å². The van der Waals surface area contributed by atoms with E-state index in [1.54, 1.807) is 54.6 Å². The molecule has 31 heavy (non-hydrogen) atoms. The molecule has 2 heterocycles. The predicted octanol–water partition coefficient (Wildman–Crippen LogP) is 5.12. The average Bonchev–Trinajstić information content (AvgIpc) is 3.13. The number of amides is 1. The van der Waals surface area contributed by atoms with E-state index in [9.17, 15) is 10.1 Å². The molecule has 3 N–H and O–H groups in total. The molecule has 0 aliphatic carbocycles. The summed E-state index contributed by atoms with van der Waals surface area (Å²) in [6, 6.07) is 19.9. The van der Waals surface area contributed by atoms with E-state index >= 15 is 0 Å². The number of thiazole rings is 1. The van der Waals surface area contributed by atoms with Crippen molar-refractivity contribution in [1.82, 2.24) is 9.97 Å². The fourth-order valence-corrected chi connectivity index (χ4v) is 3.64. The lowest BCUT2D eigenvalue weighted by molar-refractivity contribution is 0.102. The van der Waals surface area contributed by atoms with Gasteiger partial charge in [-0.25, -0.2) is 9.97 Å². The van der Waals surface area contributed by atoms with Gasteiger partial charge in [-0.3, -0.25) is 4.79 Å². The number of nitrogen functional groups attached to an aromatic ring is 1. The van der Waals surface area contributed by atoms with Crippen molar-refractivity contribution in [2.45, 2.75) is 19.3 Å². The summed E-state index contributed by atoms with van der Waals surface area (Å²) >= 11 is 1.29. The summed E-state index contributed by atoms with van der Waals surface area (Å²) in [5.41, 5.74) is 7.59. The molecule has 154 valence electrons. The Morgan fingerprint density at radius 3 is 2.74 bits per heavy atom. The van der Waals surface area contributed by atoms with Crippen molar-refractivity contribution >= 4 is 38.4 Å². The minimum absolute atomic E-state index is 0.271. The zero-order valence-electron chi connectivity index (χ0n) is 16.9. The number of aromatic nitrogens is 2. The average molecular weight is 430 g/mol. The fraction of sp³-hybridized carbons (Fsp3) is 0.130. The molecule has 0 bridgehead atoms. The third kappa shape index (κ3) is 4.47. The Balaban J connectivity index is 1.51. The lowest BCUT2D eigenvalue weighted by atomic mass is 9.85. The van der Waals surface area contributed by atoms with Crippen molar-refractivity contribution in [1.29, 1.82) is 5.26 Å². The highest BCUT2D eigenvalue weighted by molar-refractivity contribution is 7.21. The molecule has 0 spiro atoms. The summed E-state index contributed by atoms with van der Waals surface area (Å²) in [4.78, 5) is 22.0. The van der Waals surface area contributed by atoms with Crippen LogP contribution in [0, 0.1) is 11.3 Å². The van der Waals surface area contributed by atoms with Crippen molar-refractivity contribution in [2.24, 2.45) is 0 Å². The van der Waals surface area contributed by atoms with Gasteiger partial charge in [0, 0.05) is 23.4 Å². The third-order valence-electron chi connectivity index (χ3n) is 4.69. The van der Waals surface area contributed by atoms with Gasteiger partial charge in [-0.15, -0.1) is 0 Å². The number of nitrogens with zero attached hydrogens (tertiary/aromatic N) is 3. The van der Waals surface area contributed by atoms with Gasteiger partial charge in [0.25, 0.3) is 5.91 Å². The first kappa shape index (κ1) is 20.3. The van der Waals surface area contributed by atoms with Gasteiger partial charge in [0.15, 0.2) is 5.13 Å². The number of nitriles is 1. The zero-order chi connectivity index (χ0) is 22.0. The highest BCUT2D eigenvalue weighted by Gasteiger charge is 2.21. The molecule has 0 radical (unpaired) electrons. The van der Waals surface area contributed by atoms with Crippen LogP contribution in [0.5, 0.6) is 11.6 Å². The standard InChI is InChI=1S/C23H19N5O2S/c1-23(2,13-24)15-6-3-5-14(11-15)20(29)26-16-7-4-8-17(12-16)30-19-10-9-18-21(28-19)31-22(25)27-18/h3-12H,1-2H3,(H2,25,27)(H,26,29). The van der Waals surface area contributed by atoms with E-state index in [0.29, 0.717) is 32.8 Å². The zero-order valence-corrected chi connectivity index (χ0v) is 17.7. The predicted molar refractivity (Wildman–Crippen MR) is 121 cm³/mol. The lowest BCUT2D eigenvalue weighted by Gasteiger charge is -2.16. The molecular weight excluding hydrogens is 410 g/mol. The number of anilines is 2. The minimum atomic E-state index is -0.680. The normalized spacial score (nSPS) is 11.1. The Labute approximate surface area is 183 Å². The Morgan fingerprint density at radius 2 is 1.94 bits per heavy atom. The Kier molecular flexibility index (Phi) is 5.28. The van der Waals surface area contributed by atoms with Crippen molar-refractivity contribution in [3.63, 3.8) is 0 Å². The van der Waals surface area contributed by atoms with Crippen molar-refractivity contribution in [3.05, 3.63) is 71.8 Å². The van der Waals surface area contributed by atoms with Gasteiger partial charge in [0.1, 0.15) is 16.1 Å². The molecule has 2 aromatic heterocycles. The lowest BCUT2D eigenvalue weighted by Crippen LogP contribution is -2.17. The van der Waals surface area contributed by atoms with Crippen LogP contribution in [0.2, 0.25) is 0 Å². The Bertz CT molecular complexity index is 1320. The number of hydrogen-bond acceptors (Lipinski definition) is 7. The molecule has 8 heteroatoms. The van der Waals surface area contributed by atoms with Gasteiger partial charge < -0.3 is 15.8 Å². The van der Waals surface area contributed by atoms with Gasteiger partial charge in [-0.2, -0.15) is 5.26 Å². The Hall–Kier alpha value is -3.96. The molecule has 2 aromatic carbocycles. The molecule has 4 rings (SSSR count). The number of rotatable bonds is 5. The number of fused-ring (bicyclic) bond motifs is 1. The topological polar surface area (TPSA) is 114 Å². The van der Waals surface area contributed by atoms with E-state index in [1.807, 2.05) is 19.9 Å². The highest BCUT2D eigenvalue weighted by Crippen LogP contribution is 2.28. The molecule has 0 fully saturated rings. The van der Waals surface area contributed by atoms with Crippen molar-refractivity contribution in [2.75, 3.05) is 11.1 Å². The van der Waals surface area contributed by atoms with E-state index in [4.69, 9.17) is 10.5 Å². The van der Waals surface area contributed by atoms with Crippen LogP contribution in [0.1, 0.15) is 29.8 Å². The summed E-state index contributed by atoms with van der Waals surface area (Å²) in [5.74, 6) is 0.667. The van der Waals surface area contributed by atoms with Crippen LogP contribution >= 0.6 is 11.3 Å².